The SMILES string of the molecule is Cc1cc(C)nc(Nc2cccc(NC(=O)CCCC(=O)c3ccccc3)c2)n1. The van der Waals surface area contributed by atoms with E-state index in [1.54, 1.807) is 12.1 Å². The molecule has 0 aliphatic heterocycles. The molecule has 6 heteroatoms. The number of aryl methyl sites for hydroxylation is 2. The molecule has 0 atom stereocenters. The number of aromatic nitrogens is 2. The second kappa shape index (κ2) is 9.59. The lowest BCUT2D eigenvalue weighted by atomic mass is 10.1. The van der Waals surface area contributed by atoms with Gasteiger partial charge in [-0.25, -0.2) is 9.97 Å². The number of nitrogens with one attached hydrogen (secondary N) is 2. The molecule has 6 nitrogen and oxygen atoms in total. The van der Waals surface area contributed by atoms with Gasteiger partial charge in [0.2, 0.25) is 11.9 Å². The van der Waals surface area contributed by atoms with Crippen LogP contribution in [0.5, 0.6) is 0 Å². The maximum Gasteiger partial charge on any atom is 0.227 e. The number of rotatable bonds is 8. The Morgan fingerprint density at radius 2 is 1.52 bits per heavy atom. The van der Waals surface area contributed by atoms with Gasteiger partial charge in [0.05, 0.1) is 0 Å². The average Bonchev–Trinajstić information content (AvgIpc) is 2.68. The molecule has 29 heavy (non-hydrogen) atoms. The first-order valence-electron chi connectivity index (χ1n) is 9.57. The second-order valence-electron chi connectivity index (χ2n) is 6.87. The lowest BCUT2D eigenvalue weighted by molar-refractivity contribution is -0.116. The summed E-state index contributed by atoms with van der Waals surface area (Å²) in [6, 6.07) is 18.4. The number of carbonyl (C=O) groups is 2. The van der Waals surface area contributed by atoms with E-state index in [0.29, 0.717) is 30.0 Å². The van der Waals surface area contributed by atoms with E-state index in [4.69, 9.17) is 0 Å². The van der Waals surface area contributed by atoms with Gasteiger partial charge in [0, 0.05) is 41.2 Å². The van der Waals surface area contributed by atoms with Crippen molar-refractivity contribution in [1.82, 2.24) is 9.97 Å². The van der Waals surface area contributed by atoms with E-state index in [1.807, 2.05) is 62.4 Å². The molecule has 2 N–H and O–H groups in total. The van der Waals surface area contributed by atoms with E-state index in [0.717, 1.165) is 17.1 Å². The highest BCUT2D eigenvalue weighted by Gasteiger charge is 2.08. The number of ketones is 1. The molecule has 1 aromatic heterocycles. The van der Waals surface area contributed by atoms with Crippen LogP contribution < -0.4 is 10.6 Å². The molecular weight excluding hydrogens is 364 g/mol. The Labute approximate surface area is 170 Å². The number of carbonyl (C=O) groups excluding carboxylic acids is 2. The third kappa shape index (κ3) is 6.24. The molecule has 0 radical (unpaired) electrons. The summed E-state index contributed by atoms with van der Waals surface area (Å²) in [6.45, 7) is 3.83. The molecule has 0 saturated carbocycles. The largest absolute Gasteiger partial charge is 0.326 e. The van der Waals surface area contributed by atoms with Crippen LogP contribution in [0.3, 0.4) is 0 Å². The van der Waals surface area contributed by atoms with Crippen LogP contribution in [0.15, 0.2) is 60.7 Å². The lowest BCUT2D eigenvalue weighted by Crippen LogP contribution is -2.12. The Morgan fingerprint density at radius 1 is 0.828 bits per heavy atom. The van der Waals surface area contributed by atoms with Gasteiger partial charge in [-0.05, 0) is 44.5 Å². The smallest absolute Gasteiger partial charge is 0.227 e. The van der Waals surface area contributed by atoms with Gasteiger partial charge >= 0.3 is 0 Å². The third-order valence-corrected chi connectivity index (χ3v) is 4.29. The molecule has 0 aliphatic rings. The lowest BCUT2D eigenvalue weighted by Gasteiger charge is -2.09. The summed E-state index contributed by atoms with van der Waals surface area (Å²) < 4.78 is 0. The topological polar surface area (TPSA) is 84.0 Å². The zero-order chi connectivity index (χ0) is 20.6. The minimum absolute atomic E-state index is 0.0537. The fourth-order valence-corrected chi connectivity index (χ4v) is 2.99. The van der Waals surface area contributed by atoms with Gasteiger partial charge in [0.25, 0.3) is 0 Å². The van der Waals surface area contributed by atoms with Crippen LogP contribution in [0.25, 0.3) is 0 Å². The first kappa shape index (κ1) is 20.2. The van der Waals surface area contributed by atoms with Gasteiger partial charge in [-0.15, -0.1) is 0 Å². The summed E-state index contributed by atoms with van der Waals surface area (Å²) in [6.07, 6.45) is 1.15. The minimum Gasteiger partial charge on any atom is -0.326 e. The summed E-state index contributed by atoms with van der Waals surface area (Å²) in [5, 5.41) is 6.03. The predicted molar refractivity (Wildman–Crippen MR) is 114 cm³/mol. The van der Waals surface area contributed by atoms with Crippen molar-refractivity contribution in [2.24, 2.45) is 0 Å². The van der Waals surface area contributed by atoms with Gasteiger partial charge < -0.3 is 10.6 Å². The number of amides is 1. The van der Waals surface area contributed by atoms with Crippen LogP contribution in [0.4, 0.5) is 17.3 Å². The quantitative estimate of drug-likeness (QED) is 0.540. The molecule has 0 spiro atoms. The monoisotopic (exact) mass is 388 g/mol. The first-order valence-corrected chi connectivity index (χ1v) is 9.57. The van der Waals surface area contributed by atoms with E-state index in [9.17, 15) is 9.59 Å². The van der Waals surface area contributed by atoms with E-state index < -0.39 is 0 Å². The van der Waals surface area contributed by atoms with Crippen LogP contribution in [0, 0.1) is 13.8 Å². The number of nitrogens with zero attached hydrogens (tertiary/aromatic N) is 2. The minimum atomic E-state index is -0.120. The zero-order valence-electron chi connectivity index (χ0n) is 16.6. The normalized spacial score (nSPS) is 10.4. The first-order chi connectivity index (χ1) is 14.0. The molecule has 3 aromatic rings. The molecule has 0 unspecified atom stereocenters. The van der Waals surface area contributed by atoms with Crippen molar-refractivity contribution >= 4 is 29.0 Å². The van der Waals surface area contributed by atoms with E-state index >= 15 is 0 Å². The van der Waals surface area contributed by atoms with Crippen molar-refractivity contribution in [1.29, 1.82) is 0 Å². The summed E-state index contributed by atoms with van der Waals surface area (Å²) >= 11 is 0. The number of anilines is 3. The van der Waals surface area contributed by atoms with Crippen molar-refractivity contribution in [2.75, 3.05) is 10.6 Å². The highest BCUT2D eigenvalue weighted by atomic mass is 16.1. The van der Waals surface area contributed by atoms with E-state index in [2.05, 4.69) is 20.6 Å². The Bertz CT molecular complexity index is 983. The molecule has 3 rings (SSSR count). The maximum atomic E-state index is 12.2. The van der Waals surface area contributed by atoms with E-state index in [-0.39, 0.29) is 18.1 Å². The molecule has 0 fully saturated rings. The van der Waals surface area contributed by atoms with Gasteiger partial charge in [0.15, 0.2) is 5.78 Å². The summed E-state index contributed by atoms with van der Waals surface area (Å²) in [4.78, 5) is 33.0. The number of hydrogen-bond acceptors (Lipinski definition) is 5. The molecule has 0 bridgehead atoms. The Morgan fingerprint density at radius 3 is 2.24 bits per heavy atom. The number of hydrogen-bond donors (Lipinski definition) is 2. The summed E-state index contributed by atoms with van der Waals surface area (Å²) in [5.74, 6) is 0.453. The molecule has 1 amide bonds. The summed E-state index contributed by atoms with van der Waals surface area (Å²) in [7, 11) is 0. The van der Waals surface area contributed by atoms with E-state index in [1.165, 1.54) is 0 Å². The molecule has 148 valence electrons. The summed E-state index contributed by atoms with van der Waals surface area (Å²) in [5.41, 5.74) is 3.91. The van der Waals surface area contributed by atoms with Crippen molar-refractivity contribution in [3.05, 3.63) is 77.6 Å². The van der Waals surface area contributed by atoms with Crippen LogP contribution in [-0.2, 0) is 4.79 Å². The fraction of sp³-hybridized carbons (Fsp3) is 0.217. The maximum absolute atomic E-state index is 12.2. The molecular formula is C23H24N4O2. The van der Waals surface area contributed by atoms with Gasteiger partial charge in [0.1, 0.15) is 0 Å². The van der Waals surface area contributed by atoms with Crippen molar-refractivity contribution < 1.29 is 9.59 Å². The Hall–Kier alpha value is -3.54. The Kier molecular flexibility index (Phi) is 6.68. The fourth-order valence-electron chi connectivity index (χ4n) is 2.99. The second-order valence-corrected chi connectivity index (χ2v) is 6.87. The van der Waals surface area contributed by atoms with Gasteiger partial charge in [-0.3, -0.25) is 9.59 Å². The molecule has 1 heterocycles. The zero-order valence-corrected chi connectivity index (χ0v) is 16.6. The molecule has 0 aliphatic carbocycles. The third-order valence-electron chi connectivity index (χ3n) is 4.29. The standard InChI is InChI=1S/C23H24N4O2/c1-16-14-17(2)25-23(24-16)27-20-11-6-10-19(15-20)26-22(29)13-7-12-21(28)18-8-4-3-5-9-18/h3-6,8-11,14-15H,7,12-13H2,1-2H3,(H,26,29)(H,24,25,27). The average molecular weight is 388 g/mol. The number of Topliss-reactive ketones (excluding diaryl/α,β-unsaturated/α-hetero) is 1. The van der Waals surface area contributed by atoms with Crippen molar-refractivity contribution in [3.63, 3.8) is 0 Å². The van der Waals surface area contributed by atoms with Crippen molar-refractivity contribution in [3.8, 4) is 0 Å². The van der Waals surface area contributed by atoms with Crippen LogP contribution in [-0.4, -0.2) is 21.7 Å². The predicted octanol–water partition coefficient (Wildman–Crippen LogP) is 4.83. The molecule has 2 aromatic carbocycles. The Balaban J connectivity index is 1.51. The van der Waals surface area contributed by atoms with Gasteiger partial charge in [-0.2, -0.15) is 0 Å². The van der Waals surface area contributed by atoms with Gasteiger partial charge in [-0.1, -0.05) is 36.4 Å². The number of benzene rings is 2. The van der Waals surface area contributed by atoms with Crippen LogP contribution in [0.1, 0.15) is 41.0 Å². The van der Waals surface area contributed by atoms with Crippen molar-refractivity contribution in [2.45, 2.75) is 33.1 Å². The van der Waals surface area contributed by atoms with Crippen LogP contribution in [0.2, 0.25) is 0 Å². The van der Waals surface area contributed by atoms with Crippen LogP contribution >= 0.6 is 0 Å². The highest BCUT2D eigenvalue weighted by Crippen LogP contribution is 2.19. The highest BCUT2D eigenvalue weighted by molar-refractivity contribution is 5.96. The molecule has 0 saturated heterocycles.